The molecule has 1 saturated carbocycles. The molecule has 146 valence electrons. The Bertz CT molecular complexity index is 825. The Morgan fingerprint density at radius 1 is 1.04 bits per heavy atom. The second-order valence-corrected chi connectivity index (χ2v) is 7.71. The molecule has 1 aromatic carbocycles. The van der Waals surface area contributed by atoms with E-state index in [1.807, 2.05) is 35.2 Å². The van der Waals surface area contributed by atoms with Crippen LogP contribution in [0.4, 0.5) is 0 Å². The van der Waals surface area contributed by atoms with Crippen LogP contribution in [0.3, 0.4) is 0 Å². The zero-order valence-corrected chi connectivity index (χ0v) is 15.7. The van der Waals surface area contributed by atoms with E-state index < -0.39 is 0 Å². The summed E-state index contributed by atoms with van der Waals surface area (Å²) in [6.45, 7) is 1.19. The van der Waals surface area contributed by atoms with Crippen LogP contribution in [0.15, 0.2) is 52.2 Å². The van der Waals surface area contributed by atoms with Gasteiger partial charge in [-0.1, -0.05) is 18.2 Å². The quantitative estimate of drug-likeness (QED) is 0.873. The Morgan fingerprint density at radius 2 is 1.79 bits per heavy atom. The maximum Gasteiger partial charge on any atom is 0.287 e. The lowest BCUT2D eigenvalue weighted by molar-refractivity contribution is -0.127. The number of fused-ring (bicyclic) bond motifs is 1. The van der Waals surface area contributed by atoms with Crippen LogP contribution in [-0.4, -0.2) is 47.8 Å². The first-order chi connectivity index (χ1) is 13.6. The van der Waals surface area contributed by atoms with E-state index in [1.165, 1.54) is 0 Å². The minimum absolute atomic E-state index is 0.00177. The van der Waals surface area contributed by atoms with Gasteiger partial charge in [-0.15, -0.1) is 5.11 Å². The van der Waals surface area contributed by atoms with Gasteiger partial charge >= 0.3 is 0 Å². The molecule has 2 atom stereocenters. The van der Waals surface area contributed by atoms with Gasteiger partial charge in [-0.2, -0.15) is 5.11 Å². The zero-order valence-electron chi connectivity index (χ0n) is 15.7. The third-order valence-electron chi connectivity index (χ3n) is 5.82. The fraction of sp³-hybridized carbons (Fsp3) is 0.476. The Kier molecular flexibility index (Phi) is 5.32. The maximum atomic E-state index is 12.7. The number of carbonyl (C=O) groups is 3. The van der Waals surface area contributed by atoms with Crippen molar-refractivity contribution in [1.82, 2.24) is 10.2 Å². The van der Waals surface area contributed by atoms with Gasteiger partial charge in [0.25, 0.3) is 11.8 Å². The monoisotopic (exact) mass is 380 g/mol. The van der Waals surface area contributed by atoms with Crippen LogP contribution >= 0.6 is 0 Å². The largest absolute Gasteiger partial charge is 0.353 e. The van der Waals surface area contributed by atoms with Crippen LogP contribution in [-0.2, 0) is 9.59 Å². The summed E-state index contributed by atoms with van der Waals surface area (Å²) in [6, 6.07) is 9.29. The van der Waals surface area contributed by atoms with Crippen molar-refractivity contribution in [1.29, 1.82) is 0 Å². The second-order valence-electron chi connectivity index (χ2n) is 7.71. The lowest BCUT2D eigenvalue weighted by Gasteiger charge is -2.34. The average molecular weight is 380 g/mol. The van der Waals surface area contributed by atoms with Crippen LogP contribution in [0, 0.1) is 5.92 Å². The molecule has 4 rings (SSSR count). The van der Waals surface area contributed by atoms with E-state index in [4.69, 9.17) is 0 Å². The summed E-state index contributed by atoms with van der Waals surface area (Å²) in [5, 5.41) is 10.8. The third kappa shape index (κ3) is 4.03. The Hall–Kier alpha value is -2.83. The number of amides is 3. The lowest BCUT2D eigenvalue weighted by atomic mass is 9.85. The van der Waals surface area contributed by atoms with Gasteiger partial charge in [0.2, 0.25) is 5.91 Å². The molecule has 0 aromatic heterocycles. The molecule has 2 heterocycles. The molecule has 2 aliphatic heterocycles. The summed E-state index contributed by atoms with van der Waals surface area (Å²) >= 11 is 0. The number of piperidine rings is 1. The fourth-order valence-corrected chi connectivity index (χ4v) is 4.22. The van der Waals surface area contributed by atoms with Crippen molar-refractivity contribution in [3.05, 3.63) is 47.5 Å². The molecule has 1 N–H and O–H groups in total. The van der Waals surface area contributed by atoms with E-state index in [-0.39, 0.29) is 35.7 Å². The topological polar surface area (TPSA) is 91.2 Å². The Balaban J connectivity index is 1.28. The molecule has 2 fully saturated rings. The summed E-state index contributed by atoms with van der Waals surface area (Å²) in [6.07, 6.45) is 5.21. The van der Waals surface area contributed by atoms with Gasteiger partial charge in [0, 0.05) is 36.7 Å². The molecule has 0 bridgehead atoms. The molecule has 1 aromatic rings. The predicted molar refractivity (Wildman–Crippen MR) is 103 cm³/mol. The number of hydrogen-bond donors (Lipinski definition) is 1. The highest BCUT2D eigenvalue weighted by atomic mass is 16.2. The van der Waals surface area contributed by atoms with Crippen LogP contribution < -0.4 is 5.32 Å². The van der Waals surface area contributed by atoms with Crippen LogP contribution in [0.25, 0.3) is 0 Å². The molecule has 7 heteroatoms. The second kappa shape index (κ2) is 8.04. The SMILES string of the molecule is O=C1C=C2CC(NC(=O)C3CCN(C(=O)c4ccccc4)CC3)CCC2N=N1. The Morgan fingerprint density at radius 3 is 2.54 bits per heavy atom. The summed E-state index contributed by atoms with van der Waals surface area (Å²) < 4.78 is 0. The number of carbonyl (C=O) groups excluding carboxylic acids is 3. The van der Waals surface area contributed by atoms with Crippen molar-refractivity contribution < 1.29 is 14.4 Å². The number of likely N-dealkylation sites (tertiary alicyclic amines) is 1. The third-order valence-corrected chi connectivity index (χ3v) is 5.82. The fourth-order valence-electron chi connectivity index (χ4n) is 4.22. The first-order valence-corrected chi connectivity index (χ1v) is 9.90. The molecule has 2 unspecified atom stereocenters. The van der Waals surface area contributed by atoms with E-state index in [2.05, 4.69) is 15.5 Å². The summed E-state index contributed by atoms with van der Waals surface area (Å²) in [5.41, 5.74) is 1.66. The highest BCUT2D eigenvalue weighted by molar-refractivity contribution is 5.94. The number of benzene rings is 1. The molecule has 1 aliphatic carbocycles. The minimum atomic E-state index is -0.311. The van der Waals surface area contributed by atoms with E-state index in [0.717, 1.165) is 18.4 Å². The zero-order chi connectivity index (χ0) is 19.5. The molecule has 7 nitrogen and oxygen atoms in total. The molecule has 1 saturated heterocycles. The number of nitrogens with zero attached hydrogens (tertiary/aromatic N) is 3. The van der Waals surface area contributed by atoms with E-state index in [0.29, 0.717) is 37.9 Å². The van der Waals surface area contributed by atoms with Crippen LogP contribution in [0.2, 0.25) is 0 Å². The molecular weight excluding hydrogens is 356 g/mol. The van der Waals surface area contributed by atoms with Crippen LogP contribution in [0.5, 0.6) is 0 Å². The summed E-state index contributed by atoms with van der Waals surface area (Å²) in [5.74, 6) is -0.298. The predicted octanol–water partition coefficient (Wildman–Crippen LogP) is 2.49. The normalized spacial score (nSPS) is 25.1. The van der Waals surface area contributed by atoms with Gasteiger partial charge in [-0.25, -0.2) is 0 Å². The van der Waals surface area contributed by atoms with Gasteiger partial charge < -0.3 is 10.2 Å². The highest BCUT2D eigenvalue weighted by Gasteiger charge is 2.32. The van der Waals surface area contributed by atoms with Gasteiger partial charge in [-0.05, 0) is 49.8 Å². The van der Waals surface area contributed by atoms with E-state index in [9.17, 15) is 14.4 Å². The molecule has 0 spiro atoms. The summed E-state index contributed by atoms with van der Waals surface area (Å²) in [7, 11) is 0. The highest BCUT2D eigenvalue weighted by Crippen LogP contribution is 2.30. The van der Waals surface area contributed by atoms with Crippen molar-refractivity contribution in [3.63, 3.8) is 0 Å². The lowest BCUT2D eigenvalue weighted by Crippen LogP contribution is -2.46. The Labute approximate surface area is 163 Å². The minimum Gasteiger partial charge on any atom is -0.353 e. The van der Waals surface area contributed by atoms with E-state index in [1.54, 1.807) is 6.08 Å². The van der Waals surface area contributed by atoms with Crippen molar-refractivity contribution in [2.24, 2.45) is 16.1 Å². The van der Waals surface area contributed by atoms with Gasteiger partial charge in [0.1, 0.15) is 0 Å². The molecule has 28 heavy (non-hydrogen) atoms. The van der Waals surface area contributed by atoms with Gasteiger partial charge in [0.05, 0.1) is 6.04 Å². The standard InChI is InChI=1S/C21H24N4O3/c26-19-13-16-12-17(6-7-18(16)23-24-19)22-20(27)14-8-10-25(11-9-14)21(28)15-4-2-1-3-5-15/h1-5,13-14,17-18H,6-12H2,(H,22,27). The average Bonchev–Trinajstić information content (AvgIpc) is 2.73. The van der Waals surface area contributed by atoms with E-state index >= 15 is 0 Å². The number of nitrogens with one attached hydrogen (secondary N) is 1. The van der Waals surface area contributed by atoms with Gasteiger partial charge in [0.15, 0.2) is 0 Å². The molecule has 0 radical (unpaired) electrons. The van der Waals surface area contributed by atoms with Gasteiger partial charge in [-0.3, -0.25) is 14.4 Å². The molecule has 3 aliphatic rings. The maximum absolute atomic E-state index is 12.7. The first-order valence-electron chi connectivity index (χ1n) is 9.90. The van der Waals surface area contributed by atoms with Crippen molar-refractivity contribution in [2.75, 3.05) is 13.1 Å². The van der Waals surface area contributed by atoms with Crippen molar-refractivity contribution in [2.45, 2.75) is 44.2 Å². The van der Waals surface area contributed by atoms with Crippen molar-refractivity contribution in [3.8, 4) is 0 Å². The molecular formula is C21H24N4O3. The van der Waals surface area contributed by atoms with Crippen molar-refractivity contribution >= 4 is 17.7 Å². The summed E-state index contributed by atoms with van der Waals surface area (Å²) in [4.78, 5) is 38.5. The first kappa shape index (κ1) is 18.5. The number of hydrogen-bond acceptors (Lipinski definition) is 4. The smallest absolute Gasteiger partial charge is 0.287 e. The molecule has 3 amide bonds. The van der Waals surface area contributed by atoms with Crippen LogP contribution in [0.1, 0.15) is 42.5 Å². The number of azo groups is 1. The number of rotatable bonds is 3.